The smallest absolute Gasteiger partial charge is 0.762 e. The molecule has 8 heteroatoms. The Hall–Kier alpha value is -4.07. The van der Waals surface area contributed by atoms with Crippen LogP contribution >= 0.6 is 0 Å². The first-order chi connectivity index (χ1) is 35.8. The normalized spacial score (nSPS) is 41.2. The molecule has 17 aliphatic rings. The van der Waals surface area contributed by atoms with E-state index in [1.807, 2.05) is 0 Å². The van der Waals surface area contributed by atoms with E-state index in [0.29, 0.717) is 18.1 Å². The number of hydrogen-bond donors (Lipinski definition) is 1. The van der Waals surface area contributed by atoms with Gasteiger partial charge in [0.1, 0.15) is 23.5 Å². The number of para-hydroxylation sites is 3. The van der Waals surface area contributed by atoms with Gasteiger partial charge in [0, 0.05) is 52.1 Å². The van der Waals surface area contributed by atoms with Gasteiger partial charge in [-0.05, 0) is 253 Å². The molecule has 16 bridgehead atoms. The molecule has 390 valence electrons. The first kappa shape index (κ1) is 48.3. The lowest BCUT2D eigenvalue weighted by molar-refractivity contribution is -0.515. The zero-order valence-electron chi connectivity index (χ0n) is 43.7. The second-order valence-corrected chi connectivity index (χ2v) is 27.7. The van der Waals surface area contributed by atoms with E-state index in [4.69, 9.17) is 0 Å². The third kappa shape index (κ3) is 8.62. The summed E-state index contributed by atoms with van der Waals surface area (Å²) in [6.07, 6.45) is 34.1. The van der Waals surface area contributed by atoms with E-state index in [1.165, 1.54) is 168 Å². The minimum Gasteiger partial charge on any atom is -1.00 e. The number of benzene rings is 4. The van der Waals surface area contributed by atoms with Crippen molar-refractivity contribution in [1.82, 2.24) is 0 Å². The number of rotatable bonds is 7. The lowest BCUT2D eigenvalue weighted by atomic mass is 9.51. The molecule has 0 spiro atoms. The van der Waals surface area contributed by atoms with Crippen LogP contribution < -0.4 is 14.9 Å². The van der Waals surface area contributed by atoms with Crippen molar-refractivity contribution < 1.29 is 22.2 Å². The molecule has 16 aliphatic carbocycles. The number of nitrogens with one attached hydrogen (secondary N) is 1. The van der Waals surface area contributed by atoms with Crippen molar-refractivity contribution in [2.24, 2.45) is 101 Å². The molecule has 0 unspecified atom stereocenters. The standard InChI is InChI=1S/C33H39N2.C33H41N.BF3.FH/c1-3-7-30-28(5-1)29-6-2-4-8-31(29)35(33-26-15-22-10-23(17-26)18-27(33)16-22)19-34(30)32-24-11-20-9-21(13-24)14-25(32)12-20;1-2-6-29(24(5-1)19-31-25-11-20-9-21(13-25)14-26(31)12-20)30-7-3-4-8-32(30)34-33-27-15-22-10-23(17-27)18-28(33)16-22;2-1(3)4;/h1-8,19-27,32-33H,9-18H2;1-8,20-23,25-28,31,33-34H,9-19H2;;1H/q+1;;;/p-1. The Kier molecular flexibility index (Phi) is 12.7. The van der Waals surface area contributed by atoms with Crippen LogP contribution in [0, 0.1) is 101 Å². The van der Waals surface area contributed by atoms with Crippen molar-refractivity contribution in [2.75, 3.05) is 10.2 Å². The van der Waals surface area contributed by atoms with Crippen LogP contribution in [0.1, 0.15) is 134 Å². The molecule has 1 heterocycles. The van der Waals surface area contributed by atoms with Crippen LogP contribution in [-0.2, 0) is 6.42 Å². The van der Waals surface area contributed by atoms with E-state index in [0.717, 1.165) is 101 Å². The summed E-state index contributed by atoms with van der Waals surface area (Å²) >= 11 is 0. The summed E-state index contributed by atoms with van der Waals surface area (Å²) in [5.74, 6) is 16.6. The first-order valence-electron chi connectivity index (χ1n) is 30.2. The molecular formula is C66H80BF4N3. The molecule has 21 rings (SSSR count). The number of anilines is 2. The van der Waals surface area contributed by atoms with Gasteiger partial charge in [-0.3, -0.25) is 12.9 Å². The predicted octanol–water partition coefficient (Wildman–Crippen LogP) is 13.6. The fourth-order valence-electron chi connectivity index (χ4n) is 22.1. The van der Waals surface area contributed by atoms with Crippen LogP contribution in [0.3, 0.4) is 0 Å². The van der Waals surface area contributed by atoms with Crippen LogP contribution in [0.4, 0.5) is 30.0 Å². The van der Waals surface area contributed by atoms with Crippen molar-refractivity contribution in [3.05, 3.63) is 103 Å². The second kappa shape index (κ2) is 19.4. The van der Waals surface area contributed by atoms with Gasteiger partial charge in [-0.15, -0.1) is 0 Å². The summed E-state index contributed by atoms with van der Waals surface area (Å²) in [5, 5.41) is 4.17. The summed E-state index contributed by atoms with van der Waals surface area (Å²) in [6, 6.07) is 39.6. The third-order valence-corrected chi connectivity index (χ3v) is 23.6. The Labute approximate surface area is 439 Å². The average molecular weight is 1000 g/mol. The minimum atomic E-state index is -3.67. The molecule has 74 heavy (non-hydrogen) atoms. The maximum absolute atomic E-state index is 9.67. The molecule has 0 amide bonds. The zero-order valence-corrected chi connectivity index (χ0v) is 43.7. The van der Waals surface area contributed by atoms with E-state index in [1.54, 1.807) is 12.0 Å². The monoisotopic (exact) mass is 1000 g/mol. The average Bonchev–Trinajstić information content (AvgIpc) is 3.51. The number of fused-ring (bicyclic) bond motifs is 3. The third-order valence-electron chi connectivity index (χ3n) is 23.6. The fraction of sp³-hybridized carbons (Fsp3) is 0.621. The van der Waals surface area contributed by atoms with Gasteiger partial charge in [0.2, 0.25) is 6.34 Å². The second-order valence-electron chi connectivity index (χ2n) is 27.7. The molecule has 16 fully saturated rings. The van der Waals surface area contributed by atoms with Gasteiger partial charge < -0.3 is 10.0 Å². The van der Waals surface area contributed by atoms with Gasteiger partial charge >= 0.3 is 7.54 Å². The lowest BCUT2D eigenvalue weighted by Gasteiger charge is -2.55. The van der Waals surface area contributed by atoms with Gasteiger partial charge in [0.05, 0.1) is 0 Å². The summed E-state index contributed by atoms with van der Waals surface area (Å²) in [6.45, 7) is 0. The van der Waals surface area contributed by atoms with Crippen LogP contribution in [0.2, 0.25) is 0 Å². The SMILES string of the molecule is C1=[N+](C2C3CC4CC(C3)CC2C4)c2ccccc2-c2ccccc2N1C1C2CC3CC(C2)CC1C3.FB(F)F.[F-].c1ccc(-c2ccccc2NC2C3CC4CC(C3)CC2C4)c(CC2C3CC4CC(C3)CC2C4)c1. The van der Waals surface area contributed by atoms with Crippen LogP contribution in [0.15, 0.2) is 97.1 Å². The fourth-order valence-corrected chi connectivity index (χ4v) is 22.1. The number of nitrogens with zero attached hydrogens (tertiary/aromatic N) is 2. The highest BCUT2D eigenvalue weighted by Crippen LogP contribution is 2.61. The molecule has 3 nitrogen and oxygen atoms in total. The van der Waals surface area contributed by atoms with Gasteiger partial charge in [-0.2, -0.15) is 0 Å². The van der Waals surface area contributed by atoms with E-state index in [-0.39, 0.29) is 4.70 Å². The predicted molar refractivity (Wildman–Crippen MR) is 292 cm³/mol. The van der Waals surface area contributed by atoms with Gasteiger partial charge in [0.25, 0.3) is 0 Å². The van der Waals surface area contributed by atoms with Crippen molar-refractivity contribution in [2.45, 2.75) is 153 Å². The lowest BCUT2D eigenvalue weighted by Crippen LogP contribution is -3.00. The summed E-state index contributed by atoms with van der Waals surface area (Å²) in [4.78, 5) is 2.85. The van der Waals surface area contributed by atoms with Crippen molar-refractivity contribution >= 4 is 30.9 Å². The largest absolute Gasteiger partial charge is 1.00 e. The van der Waals surface area contributed by atoms with E-state index < -0.39 is 7.54 Å². The summed E-state index contributed by atoms with van der Waals surface area (Å²) in [5.41, 5.74) is 11.8. The molecule has 16 saturated carbocycles. The van der Waals surface area contributed by atoms with Gasteiger partial charge in [-0.25, -0.2) is 9.48 Å². The van der Waals surface area contributed by atoms with Crippen LogP contribution in [0.5, 0.6) is 0 Å². The highest BCUT2D eigenvalue weighted by atomic mass is 19.4. The van der Waals surface area contributed by atoms with Crippen LogP contribution in [0.25, 0.3) is 22.3 Å². The molecule has 1 N–H and O–H groups in total. The quantitative estimate of drug-likeness (QED) is 0.113. The Balaban J connectivity index is 0.000000126. The first-order valence-corrected chi connectivity index (χ1v) is 30.2. The Bertz CT molecular complexity index is 2520. The van der Waals surface area contributed by atoms with Crippen LogP contribution in [-0.4, -0.2) is 36.6 Å². The Morgan fingerprint density at radius 1 is 0.432 bits per heavy atom. The number of halogens is 4. The maximum Gasteiger partial charge on any atom is 0.762 e. The van der Waals surface area contributed by atoms with Crippen molar-refractivity contribution in [1.29, 1.82) is 0 Å². The van der Waals surface area contributed by atoms with Gasteiger partial charge in [0.15, 0.2) is 0 Å². The van der Waals surface area contributed by atoms with Crippen molar-refractivity contribution in [3.63, 3.8) is 0 Å². The van der Waals surface area contributed by atoms with E-state index in [2.05, 4.69) is 118 Å². The molecule has 0 aromatic heterocycles. The van der Waals surface area contributed by atoms with E-state index in [9.17, 15) is 12.9 Å². The summed E-state index contributed by atoms with van der Waals surface area (Å²) < 4.78 is 31.9. The minimum absolute atomic E-state index is 0. The topological polar surface area (TPSA) is 18.3 Å². The molecule has 0 radical (unpaired) electrons. The summed E-state index contributed by atoms with van der Waals surface area (Å²) in [7, 11) is -3.67. The Morgan fingerprint density at radius 3 is 1.38 bits per heavy atom. The Morgan fingerprint density at radius 2 is 0.838 bits per heavy atom. The maximum atomic E-state index is 9.67. The van der Waals surface area contributed by atoms with E-state index >= 15 is 0 Å². The number of hydrogen-bond acceptors (Lipinski definition) is 2. The van der Waals surface area contributed by atoms with Crippen molar-refractivity contribution in [3.8, 4) is 22.3 Å². The molecule has 0 atom stereocenters. The van der Waals surface area contributed by atoms with Gasteiger partial charge in [-0.1, -0.05) is 66.7 Å². The molecule has 0 saturated heterocycles. The molecule has 4 aromatic carbocycles. The highest BCUT2D eigenvalue weighted by Gasteiger charge is 2.56. The molecular weight excluding hydrogens is 922 g/mol. The highest BCUT2D eigenvalue weighted by molar-refractivity contribution is 6.33. The molecule has 4 aromatic rings. The zero-order chi connectivity index (χ0) is 48.5. The molecule has 1 aliphatic heterocycles.